The van der Waals surface area contributed by atoms with Crippen molar-refractivity contribution in [3.05, 3.63) is 36.5 Å². The first-order chi connectivity index (χ1) is 13.7. The summed E-state index contributed by atoms with van der Waals surface area (Å²) in [6.07, 6.45) is 5.94. The van der Waals surface area contributed by atoms with Gasteiger partial charge in [0, 0.05) is 30.4 Å². The number of imidazole rings is 1. The highest BCUT2D eigenvalue weighted by molar-refractivity contribution is 5.94. The number of aromatic nitrogens is 3. The predicted molar refractivity (Wildman–Crippen MR) is 112 cm³/mol. The number of hydrogen-bond donors (Lipinski definition) is 4. The molecule has 146 valence electrons. The molecule has 0 spiro atoms. The van der Waals surface area contributed by atoms with Crippen LogP contribution in [0.1, 0.15) is 25.7 Å². The Bertz CT molecular complexity index is 965. The van der Waals surface area contributed by atoms with Gasteiger partial charge < -0.3 is 20.9 Å². The predicted octanol–water partition coefficient (Wildman–Crippen LogP) is 3.38. The van der Waals surface area contributed by atoms with Gasteiger partial charge in [-0.2, -0.15) is 0 Å². The number of carbonyl (C=O) groups excluding carboxylic acids is 1. The highest BCUT2D eigenvalue weighted by Gasteiger charge is 2.30. The topological polar surface area (TPSA) is 94.7 Å². The van der Waals surface area contributed by atoms with E-state index in [0.717, 1.165) is 47.4 Å². The number of pyridine rings is 1. The smallest absolute Gasteiger partial charge is 0.230 e. The second kappa shape index (κ2) is 7.98. The monoisotopic (exact) mass is 378 g/mol. The van der Waals surface area contributed by atoms with Crippen LogP contribution in [-0.4, -0.2) is 41.0 Å². The summed E-state index contributed by atoms with van der Waals surface area (Å²) >= 11 is 0. The largest absolute Gasteiger partial charge is 0.388 e. The van der Waals surface area contributed by atoms with E-state index in [2.05, 4.69) is 30.9 Å². The molecule has 4 rings (SSSR count). The molecule has 4 N–H and O–H groups in total. The van der Waals surface area contributed by atoms with Crippen LogP contribution in [0.15, 0.2) is 36.5 Å². The maximum atomic E-state index is 12.7. The fraction of sp³-hybridized carbons (Fsp3) is 0.381. The first kappa shape index (κ1) is 18.4. The van der Waals surface area contributed by atoms with Crippen molar-refractivity contribution in [2.24, 2.45) is 5.92 Å². The van der Waals surface area contributed by atoms with E-state index < -0.39 is 0 Å². The molecule has 7 nitrogen and oxygen atoms in total. The summed E-state index contributed by atoms with van der Waals surface area (Å²) in [6.45, 7) is 0. The SMILES string of the molecule is CNc1ccc(-c2nc3cc(NC(=O)C4CCCCC4NC)ncc3[nH]2)cc1. The van der Waals surface area contributed by atoms with Crippen molar-refractivity contribution in [2.45, 2.75) is 31.7 Å². The Morgan fingerprint density at radius 3 is 2.68 bits per heavy atom. The fourth-order valence-corrected chi connectivity index (χ4v) is 3.92. The van der Waals surface area contributed by atoms with Crippen molar-refractivity contribution < 1.29 is 4.79 Å². The lowest BCUT2D eigenvalue weighted by molar-refractivity contribution is -0.121. The standard InChI is InChI=1S/C21H26N6O/c1-22-14-9-7-13(8-10-14)20-25-17-11-19(24-12-18(17)26-20)27-21(28)15-5-3-4-6-16(15)23-2/h7-12,15-16,22-23H,3-6H2,1-2H3,(H,25,26)(H,24,27,28). The van der Waals surface area contributed by atoms with Gasteiger partial charge in [-0.25, -0.2) is 9.97 Å². The van der Waals surface area contributed by atoms with E-state index in [4.69, 9.17) is 0 Å². The molecule has 28 heavy (non-hydrogen) atoms. The lowest BCUT2D eigenvalue weighted by Crippen LogP contribution is -2.42. The van der Waals surface area contributed by atoms with Crippen LogP contribution in [0, 0.1) is 5.92 Å². The van der Waals surface area contributed by atoms with Crippen LogP contribution in [0.4, 0.5) is 11.5 Å². The Balaban J connectivity index is 1.53. The summed E-state index contributed by atoms with van der Waals surface area (Å²) in [5, 5.41) is 9.36. The third-order valence-electron chi connectivity index (χ3n) is 5.54. The number of rotatable bonds is 5. The van der Waals surface area contributed by atoms with E-state index in [-0.39, 0.29) is 17.9 Å². The molecular weight excluding hydrogens is 352 g/mol. The number of nitrogens with zero attached hydrogens (tertiary/aromatic N) is 2. The maximum absolute atomic E-state index is 12.7. The number of H-pyrrole nitrogens is 1. The van der Waals surface area contributed by atoms with E-state index in [9.17, 15) is 4.79 Å². The molecule has 0 bridgehead atoms. The first-order valence-electron chi connectivity index (χ1n) is 9.80. The summed E-state index contributed by atoms with van der Waals surface area (Å²) < 4.78 is 0. The molecule has 1 amide bonds. The zero-order valence-corrected chi connectivity index (χ0v) is 16.2. The van der Waals surface area contributed by atoms with Gasteiger partial charge in [-0.1, -0.05) is 12.8 Å². The Kier molecular flexibility index (Phi) is 5.25. The molecule has 0 aliphatic heterocycles. The summed E-state index contributed by atoms with van der Waals surface area (Å²) in [6, 6.07) is 10.1. The van der Waals surface area contributed by atoms with Gasteiger partial charge in [-0.05, 0) is 44.2 Å². The second-order valence-corrected chi connectivity index (χ2v) is 7.27. The first-order valence-corrected chi connectivity index (χ1v) is 9.80. The molecular formula is C21H26N6O. The van der Waals surface area contributed by atoms with Crippen molar-refractivity contribution in [2.75, 3.05) is 24.7 Å². The summed E-state index contributed by atoms with van der Waals surface area (Å²) in [5.74, 6) is 1.34. The zero-order chi connectivity index (χ0) is 19.5. The Hall–Kier alpha value is -2.93. The minimum atomic E-state index is -0.0170. The van der Waals surface area contributed by atoms with E-state index in [1.165, 1.54) is 6.42 Å². The lowest BCUT2D eigenvalue weighted by atomic mass is 9.84. The summed E-state index contributed by atoms with van der Waals surface area (Å²) in [7, 11) is 3.82. The van der Waals surface area contributed by atoms with Crippen LogP contribution < -0.4 is 16.0 Å². The number of aromatic amines is 1. The molecule has 2 aromatic heterocycles. The van der Waals surface area contributed by atoms with E-state index in [1.807, 2.05) is 44.4 Å². The molecule has 1 aromatic carbocycles. The number of benzene rings is 1. The lowest BCUT2D eigenvalue weighted by Gasteiger charge is -2.30. The van der Waals surface area contributed by atoms with Gasteiger partial charge >= 0.3 is 0 Å². The molecule has 3 aromatic rings. The van der Waals surface area contributed by atoms with Gasteiger partial charge in [0.25, 0.3) is 0 Å². The zero-order valence-electron chi connectivity index (χ0n) is 16.2. The molecule has 0 radical (unpaired) electrons. The highest BCUT2D eigenvalue weighted by Crippen LogP contribution is 2.26. The quantitative estimate of drug-likeness (QED) is 0.546. The van der Waals surface area contributed by atoms with Crippen molar-refractivity contribution in [3.8, 4) is 11.4 Å². The van der Waals surface area contributed by atoms with Crippen LogP contribution in [-0.2, 0) is 4.79 Å². The van der Waals surface area contributed by atoms with Crippen LogP contribution in [0.5, 0.6) is 0 Å². The van der Waals surface area contributed by atoms with Crippen LogP contribution >= 0.6 is 0 Å². The van der Waals surface area contributed by atoms with Gasteiger partial charge in [0.2, 0.25) is 5.91 Å². The number of carbonyl (C=O) groups is 1. The minimum Gasteiger partial charge on any atom is -0.388 e. The number of nitrogens with one attached hydrogen (secondary N) is 4. The molecule has 2 unspecified atom stereocenters. The van der Waals surface area contributed by atoms with Gasteiger partial charge in [0.15, 0.2) is 0 Å². The molecule has 1 saturated carbocycles. The number of anilines is 2. The van der Waals surface area contributed by atoms with Crippen LogP contribution in [0.3, 0.4) is 0 Å². The molecule has 2 heterocycles. The van der Waals surface area contributed by atoms with Crippen LogP contribution in [0.25, 0.3) is 22.4 Å². The van der Waals surface area contributed by atoms with Crippen LogP contribution in [0.2, 0.25) is 0 Å². The summed E-state index contributed by atoms with van der Waals surface area (Å²) in [4.78, 5) is 25.1. The number of fused-ring (bicyclic) bond motifs is 1. The third-order valence-corrected chi connectivity index (χ3v) is 5.54. The molecule has 0 saturated heterocycles. The van der Waals surface area contributed by atoms with Crippen molar-refractivity contribution in [1.29, 1.82) is 0 Å². The van der Waals surface area contributed by atoms with Gasteiger partial charge in [-0.3, -0.25) is 4.79 Å². The average Bonchev–Trinajstić information content (AvgIpc) is 3.17. The Morgan fingerprint density at radius 2 is 1.93 bits per heavy atom. The average molecular weight is 378 g/mol. The van der Waals surface area contributed by atoms with Gasteiger partial charge in [0.1, 0.15) is 11.6 Å². The molecule has 7 heteroatoms. The molecule has 1 fully saturated rings. The minimum absolute atomic E-state index is 0.0170. The normalized spacial score (nSPS) is 19.5. The fourth-order valence-electron chi connectivity index (χ4n) is 3.92. The van der Waals surface area contributed by atoms with E-state index in [1.54, 1.807) is 6.20 Å². The summed E-state index contributed by atoms with van der Waals surface area (Å²) in [5.41, 5.74) is 3.68. The van der Waals surface area contributed by atoms with Crippen molar-refractivity contribution in [3.63, 3.8) is 0 Å². The van der Waals surface area contributed by atoms with Crippen molar-refractivity contribution in [1.82, 2.24) is 20.3 Å². The van der Waals surface area contributed by atoms with Gasteiger partial charge in [0.05, 0.1) is 23.1 Å². The van der Waals surface area contributed by atoms with E-state index in [0.29, 0.717) is 5.82 Å². The molecule has 1 aliphatic carbocycles. The highest BCUT2D eigenvalue weighted by atomic mass is 16.2. The van der Waals surface area contributed by atoms with Crippen molar-refractivity contribution >= 4 is 28.4 Å². The molecule has 2 atom stereocenters. The third kappa shape index (κ3) is 3.71. The van der Waals surface area contributed by atoms with E-state index >= 15 is 0 Å². The number of hydrogen-bond acceptors (Lipinski definition) is 5. The maximum Gasteiger partial charge on any atom is 0.230 e. The number of amides is 1. The Morgan fingerprint density at radius 1 is 1.14 bits per heavy atom. The van der Waals surface area contributed by atoms with Gasteiger partial charge in [-0.15, -0.1) is 0 Å². The molecule has 1 aliphatic rings. The Labute approximate surface area is 164 Å². The second-order valence-electron chi connectivity index (χ2n) is 7.27.